The second-order valence-corrected chi connectivity index (χ2v) is 8.63. The molecule has 0 aromatic carbocycles. The molecule has 0 aliphatic heterocycles. The second-order valence-electron chi connectivity index (χ2n) is 6.07. The van der Waals surface area contributed by atoms with Crippen LogP contribution in [0, 0.1) is 11.3 Å². The number of nitrogens with zero attached hydrogens (tertiary/aromatic N) is 3. The molecule has 32 heavy (non-hydrogen) atoms. The molecule has 0 saturated heterocycles. The van der Waals surface area contributed by atoms with Gasteiger partial charge in [-0.3, -0.25) is 4.98 Å². The number of rotatable bonds is 7. The minimum Gasteiger partial charge on any atom is -0.478 e. The van der Waals surface area contributed by atoms with Crippen LogP contribution in [0.4, 0.5) is 0 Å². The third-order valence-electron chi connectivity index (χ3n) is 3.84. The first-order valence-electron chi connectivity index (χ1n) is 8.82. The average molecular weight is 475 g/mol. The fourth-order valence-electron chi connectivity index (χ4n) is 2.53. The third kappa shape index (κ3) is 6.11. The van der Waals surface area contributed by atoms with Gasteiger partial charge in [-0.15, -0.1) is 0 Å². The van der Waals surface area contributed by atoms with Gasteiger partial charge in [0.25, 0.3) is 10.0 Å². The Bertz CT molecular complexity index is 1250. The van der Waals surface area contributed by atoms with E-state index >= 15 is 0 Å². The van der Waals surface area contributed by atoms with Crippen LogP contribution in [-0.4, -0.2) is 46.6 Å². The van der Waals surface area contributed by atoms with E-state index in [1.165, 1.54) is 33.8 Å². The van der Waals surface area contributed by atoms with Gasteiger partial charge in [-0.2, -0.15) is 16.6 Å². The predicted molar refractivity (Wildman–Crippen MR) is 116 cm³/mol. The highest BCUT2D eigenvalue weighted by atomic mass is 32.2. The quantitative estimate of drug-likeness (QED) is 0.435. The van der Waals surface area contributed by atoms with Gasteiger partial charge in [0.15, 0.2) is 0 Å². The maximum absolute atomic E-state index is 13.0. The van der Waals surface area contributed by atoms with Crippen molar-refractivity contribution in [1.29, 1.82) is 5.26 Å². The molecule has 3 aromatic heterocycles. The van der Waals surface area contributed by atoms with E-state index in [4.69, 9.17) is 10.2 Å². The molecule has 0 radical (unpaired) electrons. The normalized spacial score (nSPS) is 10.9. The SMILES string of the molecule is CNCc1cc(-c2cscc2C#N)n(S(=O)(=O)c2cccnc2)c1.O=C(O)C=CC(=O)O. The van der Waals surface area contributed by atoms with Gasteiger partial charge < -0.3 is 15.5 Å². The first-order valence-corrected chi connectivity index (χ1v) is 11.2. The maximum atomic E-state index is 13.0. The molecule has 3 aromatic rings. The topological polar surface area (TPSA) is 162 Å². The molecule has 0 saturated carbocycles. The lowest BCUT2D eigenvalue weighted by Crippen LogP contribution is -2.13. The zero-order chi connectivity index (χ0) is 23.7. The summed E-state index contributed by atoms with van der Waals surface area (Å²) < 4.78 is 27.2. The van der Waals surface area contributed by atoms with Crippen molar-refractivity contribution in [3.05, 3.63) is 70.8 Å². The van der Waals surface area contributed by atoms with Gasteiger partial charge in [0, 0.05) is 53.6 Å². The van der Waals surface area contributed by atoms with Crippen molar-refractivity contribution >= 4 is 33.3 Å². The maximum Gasteiger partial charge on any atom is 0.328 e. The fraction of sp³-hybridized carbons (Fsp3) is 0.100. The predicted octanol–water partition coefficient (Wildman–Crippen LogP) is 2.15. The van der Waals surface area contributed by atoms with Gasteiger partial charge in [-0.1, -0.05) is 0 Å². The molecule has 0 spiro atoms. The Kier molecular flexibility index (Phi) is 8.42. The monoisotopic (exact) mass is 474 g/mol. The Labute approximate surface area is 187 Å². The Morgan fingerprint density at radius 2 is 1.97 bits per heavy atom. The number of pyridine rings is 1. The highest BCUT2D eigenvalue weighted by Gasteiger charge is 2.23. The number of thiophene rings is 1. The molecule has 0 atom stereocenters. The van der Waals surface area contributed by atoms with Crippen LogP contribution >= 0.6 is 11.3 Å². The molecular weight excluding hydrogens is 456 g/mol. The molecule has 0 fully saturated rings. The summed E-state index contributed by atoms with van der Waals surface area (Å²) in [6.45, 7) is 0.522. The number of carboxylic acids is 2. The van der Waals surface area contributed by atoms with Crippen LogP contribution in [0.5, 0.6) is 0 Å². The summed E-state index contributed by atoms with van der Waals surface area (Å²) in [7, 11) is -2.01. The third-order valence-corrected chi connectivity index (χ3v) is 6.24. The summed E-state index contributed by atoms with van der Waals surface area (Å²) in [6, 6.07) is 6.97. The first kappa shape index (κ1) is 24.5. The highest BCUT2D eigenvalue weighted by molar-refractivity contribution is 7.90. The number of hydrogen-bond acceptors (Lipinski definition) is 8. The first-order chi connectivity index (χ1) is 15.2. The molecule has 0 bridgehead atoms. The molecular formula is C20H18N4O6S2. The van der Waals surface area contributed by atoms with Crippen molar-refractivity contribution in [1.82, 2.24) is 14.3 Å². The van der Waals surface area contributed by atoms with Crippen LogP contribution in [0.15, 0.2) is 64.6 Å². The van der Waals surface area contributed by atoms with Gasteiger partial charge >= 0.3 is 11.9 Å². The molecule has 3 heterocycles. The molecule has 12 heteroatoms. The average Bonchev–Trinajstić information content (AvgIpc) is 3.40. The summed E-state index contributed by atoms with van der Waals surface area (Å²) in [6.07, 6.45) is 5.53. The molecule has 166 valence electrons. The number of hydrogen-bond donors (Lipinski definition) is 3. The Balaban J connectivity index is 0.000000390. The largest absolute Gasteiger partial charge is 0.478 e. The number of carboxylic acid groups (broad SMARTS) is 2. The molecule has 3 rings (SSSR count). The van der Waals surface area contributed by atoms with Crippen LogP contribution in [0.25, 0.3) is 11.3 Å². The van der Waals surface area contributed by atoms with Crippen molar-refractivity contribution in [3.63, 3.8) is 0 Å². The van der Waals surface area contributed by atoms with Crippen LogP contribution in [0.3, 0.4) is 0 Å². The van der Waals surface area contributed by atoms with Crippen LogP contribution in [0.1, 0.15) is 11.1 Å². The summed E-state index contributed by atoms with van der Waals surface area (Å²) >= 11 is 1.36. The smallest absolute Gasteiger partial charge is 0.328 e. The van der Waals surface area contributed by atoms with E-state index in [1.807, 2.05) is 0 Å². The van der Waals surface area contributed by atoms with E-state index < -0.39 is 22.0 Å². The number of aliphatic carboxylic acids is 2. The van der Waals surface area contributed by atoms with Crippen LogP contribution in [-0.2, 0) is 26.2 Å². The molecule has 0 aliphatic rings. The van der Waals surface area contributed by atoms with Crippen LogP contribution in [0.2, 0.25) is 0 Å². The molecule has 3 N–H and O–H groups in total. The molecule has 0 unspecified atom stereocenters. The lowest BCUT2D eigenvalue weighted by atomic mass is 10.1. The number of nitrogens with one attached hydrogen (secondary N) is 1. The summed E-state index contributed by atoms with van der Waals surface area (Å²) in [5, 5.41) is 31.4. The van der Waals surface area contributed by atoms with E-state index in [9.17, 15) is 23.3 Å². The fourth-order valence-corrected chi connectivity index (χ4v) is 4.65. The van der Waals surface area contributed by atoms with E-state index in [0.29, 0.717) is 35.5 Å². The standard InChI is InChI=1S/C16H14N4O2S2.C4H4O4/c1-18-7-12-5-16(15-11-23-10-13(15)6-17)20(9-12)24(21,22)14-3-2-4-19-8-14;5-3(6)1-2-4(7)8/h2-5,8-11,18H,7H2,1H3;1-2H,(H,5,6)(H,7,8). The Morgan fingerprint density at radius 1 is 1.28 bits per heavy atom. The lowest BCUT2D eigenvalue weighted by Gasteiger charge is -2.09. The van der Waals surface area contributed by atoms with Crippen molar-refractivity contribution in [3.8, 4) is 17.3 Å². The van der Waals surface area contributed by atoms with E-state index in [2.05, 4.69) is 16.4 Å². The van der Waals surface area contributed by atoms with Crippen LogP contribution < -0.4 is 5.32 Å². The van der Waals surface area contributed by atoms with Crippen molar-refractivity contribution in [2.75, 3.05) is 7.05 Å². The van der Waals surface area contributed by atoms with Gasteiger partial charge in [0.1, 0.15) is 11.0 Å². The van der Waals surface area contributed by atoms with Gasteiger partial charge in [-0.25, -0.2) is 22.0 Å². The summed E-state index contributed by atoms with van der Waals surface area (Å²) in [4.78, 5) is 23.1. The molecule has 0 amide bonds. The lowest BCUT2D eigenvalue weighted by molar-refractivity contribution is -0.134. The van der Waals surface area contributed by atoms with E-state index in [0.717, 1.165) is 5.56 Å². The zero-order valence-electron chi connectivity index (χ0n) is 16.7. The van der Waals surface area contributed by atoms with Gasteiger partial charge in [-0.05, 0) is 30.8 Å². The molecule has 0 aliphatic carbocycles. The van der Waals surface area contributed by atoms with Crippen molar-refractivity contribution < 1.29 is 28.2 Å². The summed E-state index contributed by atoms with van der Waals surface area (Å²) in [5.41, 5.74) is 2.35. The van der Waals surface area contributed by atoms with E-state index in [-0.39, 0.29) is 4.90 Å². The van der Waals surface area contributed by atoms with Gasteiger partial charge in [0.2, 0.25) is 0 Å². The minimum atomic E-state index is -3.80. The number of nitriles is 1. The number of carbonyl (C=O) groups is 2. The Hall–Kier alpha value is -3.79. The van der Waals surface area contributed by atoms with Crippen molar-refractivity contribution in [2.24, 2.45) is 0 Å². The minimum absolute atomic E-state index is 0.103. The van der Waals surface area contributed by atoms with Crippen molar-refractivity contribution in [2.45, 2.75) is 11.4 Å². The zero-order valence-corrected chi connectivity index (χ0v) is 18.3. The Morgan fingerprint density at radius 3 is 2.50 bits per heavy atom. The second kappa shape index (κ2) is 11.0. The number of aromatic nitrogens is 2. The highest BCUT2D eigenvalue weighted by Crippen LogP contribution is 2.31. The molecule has 10 nitrogen and oxygen atoms in total. The van der Waals surface area contributed by atoms with E-state index in [1.54, 1.807) is 36.1 Å². The van der Waals surface area contributed by atoms with Gasteiger partial charge in [0.05, 0.1) is 11.3 Å². The summed E-state index contributed by atoms with van der Waals surface area (Å²) in [5.74, 6) is -2.51.